The summed E-state index contributed by atoms with van der Waals surface area (Å²) >= 11 is 0. The zero-order valence-corrected chi connectivity index (χ0v) is 9.16. The molecular weight excluding hydrogens is 164 g/mol. The summed E-state index contributed by atoms with van der Waals surface area (Å²) in [6.07, 6.45) is 3.21. The molecule has 1 N–H and O–H groups in total. The molecule has 0 aromatic heterocycles. The van der Waals surface area contributed by atoms with Gasteiger partial charge in [-0.05, 0) is 27.7 Å². The molecule has 13 heavy (non-hydrogen) atoms. The molecule has 76 valence electrons. The number of carbonyl (C=O) groups excluding carboxylic acids is 1. The van der Waals surface area contributed by atoms with Crippen LogP contribution in [0, 0.1) is 0 Å². The highest BCUT2D eigenvalue weighted by Crippen LogP contribution is 2.05. The van der Waals surface area contributed by atoms with Crippen molar-refractivity contribution in [2.75, 3.05) is 7.05 Å². The Morgan fingerprint density at radius 1 is 1.23 bits per heavy atom. The molecular formula is C10H20N2O. The Kier molecular flexibility index (Phi) is 5.19. The average molecular weight is 184 g/mol. The van der Waals surface area contributed by atoms with Gasteiger partial charge in [-0.25, -0.2) is 0 Å². The quantitative estimate of drug-likeness (QED) is 0.669. The fraction of sp³-hybridized carbons (Fsp3) is 0.700. The monoisotopic (exact) mass is 184 g/mol. The van der Waals surface area contributed by atoms with Crippen LogP contribution in [0.15, 0.2) is 12.3 Å². The summed E-state index contributed by atoms with van der Waals surface area (Å²) in [6, 6.07) is 0.489. The Morgan fingerprint density at radius 3 is 2.00 bits per heavy atom. The van der Waals surface area contributed by atoms with E-state index in [4.69, 9.17) is 0 Å². The Labute approximate surface area is 80.8 Å². The lowest BCUT2D eigenvalue weighted by atomic mass is 10.2. The lowest BCUT2D eigenvalue weighted by molar-refractivity contribution is -0.129. The number of rotatable bonds is 4. The molecule has 0 aliphatic heterocycles. The van der Waals surface area contributed by atoms with Gasteiger partial charge in [-0.2, -0.15) is 0 Å². The van der Waals surface area contributed by atoms with Crippen LogP contribution in [0.4, 0.5) is 0 Å². The molecule has 0 rings (SSSR count). The van der Waals surface area contributed by atoms with Gasteiger partial charge in [0.05, 0.1) is 0 Å². The van der Waals surface area contributed by atoms with Gasteiger partial charge in [-0.15, -0.1) is 0 Å². The van der Waals surface area contributed by atoms with Crippen molar-refractivity contribution in [2.45, 2.75) is 39.8 Å². The molecule has 0 unspecified atom stereocenters. The first-order valence-corrected chi connectivity index (χ1v) is 4.66. The van der Waals surface area contributed by atoms with Gasteiger partial charge in [-0.1, -0.05) is 0 Å². The van der Waals surface area contributed by atoms with Crippen molar-refractivity contribution in [1.29, 1.82) is 0 Å². The van der Waals surface area contributed by atoms with Gasteiger partial charge in [0.15, 0.2) is 0 Å². The number of nitrogens with zero attached hydrogens (tertiary/aromatic N) is 1. The van der Waals surface area contributed by atoms with E-state index in [2.05, 4.69) is 5.32 Å². The first-order chi connectivity index (χ1) is 6.00. The third-order valence-electron chi connectivity index (χ3n) is 1.76. The van der Waals surface area contributed by atoms with Gasteiger partial charge in [0.1, 0.15) is 0 Å². The zero-order valence-electron chi connectivity index (χ0n) is 9.16. The van der Waals surface area contributed by atoms with Gasteiger partial charge in [0.25, 0.3) is 0 Å². The van der Waals surface area contributed by atoms with E-state index in [0.717, 1.165) is 0 Å². The summed E-state index contributed by atoms with van der Waals surface area (Å²) in [5.41, 5.74) is 0. The summed E-state index contributed by atoms with van der Waals surface area (Å²) in [5, 5.41) is 2.80. The summed E-state index contributed by atoms with van der Waals surface area (Å²) in [6.45, 7) is 8.08. The van der Waals surface area contributed by atoms with E-state index in [9.17, 15) is 4.79 Å². The molecule has 3 nitrogen and oxygen atoms in total. The Hall–Kier alpha value is -0.990. The fourth-order valence-electron chi connectivity index (χ4n) is 1.35. The van der Waals surface area contributed by atoms with Crippen molar-refractivity contribution in [1.82, 2.24) is 10.2 Å². The van der Waals surface area contributed by atoms with Crippen molar-refractivity contribution in [3.63, 3.8) is 0 Å². The Balaban J connectivity index is 4.38. The molecule has 1 amide bonds. The number of carbonyl (C=O) groups is 1. The highest BCUT2D eigenvalue weighted by Gasteiger charge is 2.16. The molecule has 0 bridgehead atoms. The summed E-state index contributed by atoms with van der Waals surface area (Å²) in [7, 11) is 1.78. The van der Waals surface area contributed by atoms with Gasteiger partial charge in [0, 0.05) is 31.4 Å². The minimum atomic E-state index is 0.0550. The maximum absolute atomic E-state index is 11.6. The first kappa shape index (κ1) is 12.0. The predicted octanol–water partition coefficient (Wildman–Crippen LogP) is 1.36. The van der Waals surface area contributed by atoms with E-state index >= 15 is 0 Å². The van der Waals surface area contributed by atoms with Crippen LogP contribution in [0.25, 0.3) is 0 Å². The van der Waals surface area contributed by atoms with Gasteiger partial charge in [-0.3, -0.25) is 4.79 Å². The third kappa shape index (κ3) is 3.97. The maximum atomic E-state index is 11.6. The van der Waals surface area contributed by atoms with E-state index in [1.807, 2.05) is 32.6 Å². The minimum absolute atomic E-state index is 0.0550. The normalized spacial score (nSPS) is 11.3. The largest absolute Gasteiger partial charge is 0.394 e. The molecule has 0 aliphatic carbocycles. The van der Waals surface area contributed by atoms with E-state index in [0.29, 0.717) is 0 Å². The standard InChI is InChI=1S/C10H20N2O/c1-8(2)12(9(3)4)10(13)6-7-11-5/h6-9,11H,1-5H3/b7-6-. The van der Waals surface area contributed by atoms with Gasteiger partial charge in [0.2, 0.25) is 5.91 Å². The molecule has 0 fully saturated rings. The van der Waals surface area contributed by atoms with E-state index in [1.54, 1.807) is 19.3 Å². The SMILES string of the molecule is CN/C=C\C(=O)N(C(C)C)C(C)C. The van der Waals surface area contributed by atoms with Crippen molar-refractivity contribution in [3.05, 3.63) is 12.3 Å². The van der Waals surface area contributed by atoms with E-state index in [1.165, 1.54) is 0 Å². The molecule has 0 aromatic carbocycles. The zero-order chi connectivity index (χ0) is 10.4. The van der Waals surface area contributed by atoms with E-state index < -0.39 is 0 Å². The lowest BCUT2D eigenvalue weighted by Crippen LogP contribution is -2.41. The predicted molar refractivity (Wildman–Crippen MR) is 55.3 cm³/mol. The molecule has 0 saturated carbocycles. The van der Waals surface area contributed by atoms with Crippen LogP contribution in [0.1, 0.15) is 27.7 Å². The van der Waals surface area contributed by atoms with Crippen molar-refractivity contribution < 1.29 is 4.79 Å². The van der Waals surface area contributed by atoms with Crippen LogP contribution in [-0.2, 0) is 4.79 Å². The number of nitrogens with one attached hydrogen (secondary N) is 1. The molecule has 0 aromatic rings. The molecule has 0 atom stereocenters. The molecule has 0 saturated heterocycles. The maximum Gasteiger partial charge on any atom is 0.248 e. The Bertz CT molecular complexity index is 177. The van der Waals surface area contributed by atoms with Crippen LogP contribution in [-0.4, -0.2) is 29.9 Å². The third-order valence-corrected chi connectivity index (χ3v) is 1.76. The molecule has 0 spiro atoms. The fourth-order valence-corrected chi connectivity index (χ4v) is 1.35. The number of amides is 1. The van der Waals surface area contributed by atoms with Crippen LogP contribution in [0.5, 0.6) is 0 Å². The minimum Gasteiger partial charge on any atom is -0.394 e. The molecule has 0 aliphatic rings. The topological polar surface area (TPSA) is 32.3 Å². The number of hydrogen-bond acceptors (Lipinski definition) is 2. The number of hydrogen-bond donors (Lipinski definition) is 1. The van der Waals surface area contributed by atoms with Crippen LogP contribution >= 0.6 is 0 Å². The van der Waals surface area contributed by atoms with Crippen molar-refractivity contribution in [3.8, 4) is 0 Å². The smallest absolute Gasteiger partial charge is 0.248 e. The summed E-state index contributed by atoms with van der Waals surface area (Å²) in [4.78, 5) is 13.4. The average Bonchev–Trinajstić information content (AvgIpc) is 1.99. The summed E-state index contributed by atoms with van der Waals surface area (Å²) < 4.78 is 0. The van der Waals surface area contributed by atoms with Crippen LogP contribution in [0.3, 0.4) is 0 Å². The first-order valence-electron chi connectivity index (χ1n) is 4.66. The molecule has 3 heteroatoms. The highest BCUT2D eigenvalue weighted by molar-refractivity contribution is 5.87. The van der Waals surface area contributed by atoms with E-state index in [-0.39, 0.29) is 18.0 Å². The van der Waals surface area contributed by atoms with Crippen molar-refractivity contribution in [2.24, 2.45) is 0 Å². The van der Waals surface area contributed by atoms with Crippen LogP contribution < -0.4 is 5.32 Å². The van der Waals surface area contributed by atoms with Crippen LogP contribution in [0.2, 0.25) is 0 Å². The lowest BCUT2D eigenvalue weighted by Gasteiger charge is -2.29. The van der Waals surface area contributed by atoms with Gasteiger partial charge < -0.3 is 10.2 Å². The Morgan fingerprint density at radius 2 is 1.69 bits per heavy atom. The van der Waals surface area contributed by atoms with Crippen molar-refractivity contribution >= 4 is 5.91 Å². The second-order valence-corrected chi connectivity index (χ2v) is 3.56. The molecule has 0 radical (unpaired) electrons. The summed E-state index contributed by atoms with van der Waals surface area (Å²) in [5.74, 6) is 0.0550. The second-order valence-electron chi connectivity index (χ2n) is 3.56. The highest BCUT2D eigenvalue weighted by atomic mass is 16.2. The second kappa shape index (κ2) is 5.62. The molecule has 0 heterocycles. The van der Waals surface area contributed by atoms with Gasteiger partial charge >= 0.3 is 0 Å².